The van der Waals surface area contributed by atoms with Crippen molar-refractivity contribution in [1.29, 1.82) is 0 Å². The molecule has 2 heterocycles. The highest BCUT2D eigenvalue weighted by molar-refractivity contribution is 7.91. The van der Waals surface area contributed by atoms with Crippen LogP contribution in [0.4, 0.5) is 0 Å². The van der Waals surface area contributed by atoms with Crippen LogP contribution in [0.5, 0.6) is 11.5 Å². The third-order valence-electron chi connectivity index (χ3n) is 5.86. The summed E-state index contributed by atoms with van der Waals surface area (Å²) in [4.78, 5) is 15.2. The minimum Gasteiger partial charge on any atom is -0.493 e. The molecule has 0 spiro atoms. The summed E-state index contributed by atoms with van der Waals surface area (Å²) in [5.74, 6) is 0.630. The van der Waals surface area contributed by atoms with Crippen molar-refractivity contribution in [2.45, 2.75) is 16.0 Å². The van der Waals surface area contributed by atoms with Crippen molar-refractivity contribution in [2.24, 2.45) is 0 Å². The average Bonchev–Trinajstić information content (AvgIpc) is 3.41. The van der Waals surface area contributed by atoms with Crippen LogP contribution >= 0.6 is 0 Å². The van der Waals surface area contributed by atoms with Crippen LogP contribution in [-0.4, -0.2) is 66.3 Å². The number of benzene rings is 2. The number of nitrogens with one attached hydrogen (secondary N) is 1. The third kappa shape index (κ3) is 5.50. The zero-order chi connectivity index (χ0) is 24.8. The normalized spacial score (nSPS) is 15.4. The number of carbonyl (C=O) groups is 1. The van der Waals surface area contributed by atoms with Crippen molar-refractivity contribution < 1.29 is 31.8 Å². The Kier molecular flexibility index (Phi) is 7.74. The minimum absolute atomic E-state index is 0.0763. The molecule has 1 N–H and O–H groups in total. The topological polar surface area (TPSA) is 107 Å². The van der Waals surface area contributed by atoms with Gasteiger partial charge in [-0.3, -0.25) is 9.69 Å². The number of rotatable bonds is 9. The lowest BCUT2D eigenvalue weighted by Gasteiger charge is -2.35. The maximum Gasteiger partial charge on any atom is 0.287 e. The molecule has 3 aromatic rings. The lowest BCUT2D eigenvalue weighted by Crippen LogP contribution is -2.43. The second kappa shape index (κ2) is 10.9. The second-order valence-electron chi connectivity index (χ2n) is 7.92. The zero-order valence-electron chi connectivity index (χ0n) is 19.6. The van der Waals surface area contributed by atoms with Gasteiger partial charge in [0.25, 0.3) is 5.91 Å². The molecule has 1 fully saturated rings. The number of sulfone groups is 1. The van der Waals surface area contributed by atoms with Crippen LogP contribution in [0.3, 0.4) is 0 Å². The third-order valence-corrected chi connectivity index (χ3v) is 7.50. The highest BCUT2D eigenvalue weighted by Gasteiger charge is 2.27. The van der Waals surface area contributed by atoms with Gasteiger partial charge in [0.15, 0.2) is 17.3 Å². The van der Waals surface area contributed by atoms with E-state index in [2.05, 4.69) is 10.2 Å². The number of methoxy groups -OCH3 is 2. The molecule has 10 heteroatoms. The lowest BCUT2D eigenvalue weighted by atomic mass is 10.0. The molecule has 0 radical (unpaired) electrons. The molecular formula is C25H28N2O7S. The molecule has 1 aliphatic rings. The number of amides is 1. The van der Waals surface area contributed by atoms with Gasteiger partial charge < -0.3 is 23.9 Å². The van der Waals surface area contributed by atoms with Crippen molar-refractivity contribution in [3.63, 3.8) is 0 Å². The number of nitrogens with zero attached hydrogens (tertiary/aromatic N) is 1. The van der Waals surface area contributed by atoms with Crippen LogP contribution in [0.1, 0.15) is 22.2 Å². The quantitative estimate of drug-likeness (QED) is 0.478. The summed E-state index contributed by atoms with van der Waals surface area (Å²) in [7, 11) is -0.701. The fraction of sp³-hybridized carbons (Fsp3) is 0.320. The second-order valence-corrected chi connectivity index (χ2v) is 9.80. The predicted octanol–water partition coefficient (Wildman–Crippen LogP) is 2.93. The number of carbonyl (C=O) groups excluding carboxylic acids is 1. The largest absolute Gasteiger partial charge is 0.493 e. The van der Waals surface area contributed by atoms with Crippen molar-refractivity contribution in [2.75, 3.05) is 47.1 Å². The predicted molar refractivity (Wildman–Crippen MR) is 128 cm³/mol. The van der Waals surface area contributed by atoms with E-state index in [-0.39, 0.29) is 28.3 Å². The Morgan fingerprint density at radius 3 is 2.40 bits per heavy atom. The van der Waals surface area contributed by atoms with E-state index in [1.807, 2.05) is 18.2 Å². The molecule has 35 heavy (non-hydrogen) atoms. The summed E-state index contributed by atoms with van der Waals surface area (Å²) >= 11 is 0. The first kappa shape index (κ1) is 24.8. The molecule has 9 nitrogen and oxygen atoms in total. The van der Waals surface area contributed by atoms with Crippen molar-refractivity contribution in [1.82, 2.24) is 10.2 Å². The highest BCUT2D eigenvalue weighted by atomic mass is 32.2. The van der Waals surface area contributed by atoms with Crippen molar-refractivity contribution in [3.8, 4) is 11.5 Å². The van der Waals surface area contributed by atoms with Crippen molar-refractivity contribution >= 4 is 15.7 Å². The summed E-state index contributed by atoms with van der Waals surface area (Å²) in [6.45, 7) is 2.87. The van der Waals surface area contributed by atoms with Crippen LogP contribution in [0.15, 0.2) is 75.1 Å². The van der Waals surface area contributed by atoms with Gasteiger partial charge in [-0.25, -0.2) is 8.42 Å². The number of ether oxygens (including phenoxy) is 3. The molecule has 0 saturated carbocycles. The first-order valence-electron chi connectivity index (χ1n) is 11.2. The maximum absolute atomic E-state index is 12.9. The van der Waals surface area contributed by atoms with E-state index in [1.165, 1.54) is 24.3 Å². The molecule has 1 unspecified atom stereocenters. The summed E-state index contributed by atoms with van der Waals surface area (Å²) in [6.07, 6.45) is 0. The zero-order valence-corrected chi connectivity index (χ0v) is 20.4. The van der Waals surface area contributed by atoms with Gasteiger partial charge in [0.2, 0.25) is 14.9 Å². The summed E-state index contributed by atoms with van der Waals surface area (Å²) < 4.78 is 47.3. The molecule has 186 valence electrons. The van der Waals surface area contributed by atoms with E-state index in [4.69, 9.17) is 18.6 Å². The Labute approximate surface area is 204 Å². The molecule has 0 bridgehead atoms. The molecule has 1 atom stereocenters. The molecule has 1 aliphatic heterocycles. The Morgan fingerprint density at radius 2 is 1.71 bits per heavy atom. The fourth-order valence-electron chi connectivity index (χ4n) is 3.99. The van der Waals surface area contributed by atoms with Crippen LogP contribution in [0.25, 0.3) is 0 Å². The average molecular weight is 501 g/mol. The minimum atomic E-state index is -3.85. The van der Waals surface area contributed by atoms with Gasteiger partial charge in [0.1, 0.15) is 0 Å². The number of furan rings is 1. The van der Waals surface area contributed by atoms with Gasteiger partial charge in [0, 0.05) is 19.6 Å². The molecule has 0 aliphatic carbocycles. The SMILES string of the molecule is COc1ccc(C(CNC(=O)c2ccc(S(=O)(=O)c3ccccc3)o2)N2CCOCC2)cc1OC. The summed E-state index contributed by atoms with van der Waals surface area (Å²) in [6, 6.07) is 16.1. The van der Waals surface area contributed by atoms with Crippen LogP contribution in [0, 0.1) is 0 Å². The summed E-state index contributed by atoms with van der Waals surface area (Å²) in [5, 5.41) is 2.60. The van der Waals surface area contributed by atoms with Gasteiger partial charge >= 0.3 is 0 Å². The standard InChI is InChI=1S/C25H28N2O7S/c1-31-21-9-8-18(16-23(21)32-2)20(27-12-14-33-15-13-27)17-26-25(28)22-10-11-24(34-22)35(29,30)19-6-4-3-5-7-19/h3-11,16,20H,12-15,17H2,1-2H3,(H,26,28). The lowest BCUT2D eigenvalue weighted by molar-refractivity contribution is 0.0161. The van der Waals surface area contributed by atoms with Gasteiger partial charge in [-0.05, 0) is 42.0 Å². The van der Waals surface area contributed by atoms with Crippen LogP contribution in [0.2, 0.25) is 0 Å². The first-order chi connectivity index (χ1) is 16.9. The van der Waals surface area contributed by atoms with E-state index in [0.29, 0.717) is 37.8 Å². The summed E-state index contributed by atoms with van der Waals surface area (Å²) in [5.41, 5.74) is 0.941. The number of hydrogen-bond acceptors (Lipinski definition) is 8. The molecular weight excluding hydrogens is 472 g/mol. The first-order valence-corrected chi connectivity index (χ1v) is 12.6. The monoisotopic (exact) mass is 500 g/mol. The van der Waals surface area contributed by atoms with E-state index in [1.54, 1.807) is 32.4 Å². The van der Waals surface area contributed by atoms with Crippen LogP contribution in [-0.2, 0) is 14.6 Å². The number of morpholine rings is 1. The van der Waals surface area contributed by atoms with E-state index in [9.17, 15) is 13.2 Å². The smallest absolute Gasteiger partial charge is 0.287 e. The molecule has 1 aromatic heterocycles. The molecule has 4 rings (SSSR count). The van der Waals surface area contributed by atoms with E-state index in [0.717, 1.165) is 5.56 Å². The van der Waals surface area contributed by atoms with Gasteiger partial charge in [-0.2, -0.15) is 0 Å². The number of hydrogen-bond donors (Lipinski definition) is 1. The van der Waals surface area contributed by atoms with Gasteiger partial charge in [-0.15, -0.1) is 0 Å². The Hall–Kier alpha value is -3.34. The fourth-order valence-corrected chi connectivity index (χ4v) is 5.18. The van der Waals surface area contributed by atoms with Gasteiger partial charge in [-0.1, -0.05) is 24.3 Å². The van der Waals surface area contributed by atoms with Crippen molar-refractivity contribution in [3.05, 3.63) is 72.0 Å². The van der Waals surface area contributed by atoms with E-state index < -0.39 is 15.7 Å². The highest BCUT2D eigenvalue weighted by Crippen LogP contribution is 2.32. The molecule has 2 aromatic carbocycles. The van der Waals surface area contributed by atoms with Gasteiger partial charge in [0.05, 0.1) is 38.4 Å². The molecule has 1 amide bonds. The Balaban J connectivity index is 1.52. The van der Waals surface area contributed by atoms with E-state index >= 15 is 0 Å². The Bertz CT molecular complexity index is 1250. The van der Waals surface area contributed by atoms with Crippen LogP contribution < -0.4 is 14.8 Å². The maximum atomic E-state index is 12.9. The Morgan fingerprint density at radius 1 is 1.00 bits per heavy atom. The molecule has 1 saturated heterocycles.